The number of esters is 1. The lowest BCUT2D eigenvalue weighted by Gasteiger charge is -2.27. The lowest BCUT2D eigenvalue weighted by atomic mass is 9.95. The Balaban J connectivity index is 2.37. The molecule has 0 aromatic carbocycles. The summed E-state index contributed by atoms with van der Waals surface area (Å²) in [5.74, 6) is -0.393. The maximum Gasteiger partial charge on any atom is 0.311 e. The predicted molar refractivity (Wildman–Crippen MR) is 45.9 cm³/mol. The summed E-state index contributed by atoms with van der Waals surface area (Å²) in [5.41, 5.74) is 0. The van der Waals surface area contributed by atoms with E-state index in [1.54, 1.807) is 0 Å². The largest absolute Gasteiger partial charge is 0.438 e. The normalized spacial score (nSPS) is 28.5. The van der Waals surface area contributed by atoms with Gasteiger partial charge in [0, 0.05) is 6.61 Å². The minimum atomic E-state index is -0.521. The van der Waals surface area contributed by atoms with Crippen LogP contribution in [0.3, 0.4) is 0 Å². The molecule has 4 heteroatoms. The summed E-state index contributed by atoms with van der Waals surface area (Å²) >= 11 is 0. The maximum absolute atomic E-state index is 11.2. The van der Waals surface area contributed by atoms with Crippen LogP contribution in [0.1, 0.15) is 26.2 Å². The second-order valence-electron chi connectivity index (χ2n) is 3.21. The Hall–Kier alpha value is -0.610. The van der Waals surface area contributed by atoms with Gasteiger partial charge in [0.25, 0.3) is 0 Å². The van der Waals surface area contributed by atoms with E-state index < -0.39 is 6.79 Å². The van der Waals surface area contributed by atoms with Crippen molar-refractivity contribution >= 4 is 5.97 Å². The Bertz CT molecular complexity index is 169. The molecule has 1 N–H and O–H groups in total. The first-order valence-corrected chi connectivity index (χ1v) is 4.67. The van der Waals surface area contributed by atoms with Gasteiger partial charge >= 0.3 is 5.97 Å². The Labute approximate surface area is 77.8 Å². The molecule has 1 aliphatic heterocycles. The van der Waals surface area contributed by atoms with E-state index in [-0.39, 0.29) is 18.0 Å². The molecule has 0 spiro atoms. The van der Waals surface area contributed by atoms with Crippen molar-refractivity contribution in [2.45, 2.75) is 32.3 Å². The number of carbonyl (C=O) groups excluding carboxylic acids is 1. The first-order chi connectivity index (χ1) is 6.27. The smallest absolute Gasteiger partial charge is 0.311 e. The molecule has 0 saturated carbocycles. The molecule has 0 bridgehead atoms. The summed E-state index contributed by atoms with van der Waals surface area (Å²) in [4.78, 5) is 11.2. The zero-order valence-corrected chi connectivity index (χ0v) is 7.86. The van der Waals surface area contributed by atoms with Gasteiger partial charge < -0.3 is 14.6 Å². The van der Waals surface area contributed by atoms with E-state index >= 15 is 0 Å². The average Bonchev–Trinajstić information content (AvgIpc) is 2.18. The highest BCUT2D eigenvalue weighted by molar-refractivity contribution is 5.72. The fourth-order valence-electron chi connectivity index (χ4n) is 1.56. The molecule has 2 atom stereocenters. The molecule has 0 aromatic rings. The third kappa shape index (κ3) is 2.97. The molecule has 0 aliphatic carbocycles. The van der Waals surface area contributed by atoms with Gasteiger partial charge in [0.15, 0.2) is 6.79 Å². The van der Waals surface area contributed by atoms with Gasteiger partial charge in [-0.1, -0.05) is 6.92 Å². The van der Waals surface area contributed by atoms with Crippen LogP contribution in [0, 0.1) is 5.92 Å². The van der Waals surface area contributed by atoms with Crippen LogP contribution in [0.15, 0.2) is 0 Å². The molecule has 0 aromatic heterocycles. The number of carbonyl (C=O) groups is 1. The van der Waals surface area contributed by atoms with Crippen molar-refractivity contribution in [1.82, 2.24) is 0 Å². The minimum Gasteiger partial charge on any atom is -0.438 e. The summed E-state index contributed by atoms with van der Waals surface area (Å²) in [6.07, 6.45) is 2.51. The molecule has 76 valence electrons. The predicted octanol–water partition coefficient (Wildman–Crippen LogP) is 0.685. The van der Waals surface area contributed by atoms with Crippen LogP contribution in [0.5, 0.6) is 0 Å². The topological polar surface area (TPSA) is 55.8 Å². The first kappa shape index (κ1) is 10.5. The lowest BCUT2D eigenvalue weighted by Crippen LogP contribution is -2.31. The SMILES string of the molecule is CCC1CC(C(=O)OCO)CCO1. The summed E-state index contributed by atoms with van der Waals surface area (Å²) in [6.45, 7) is 2.13. The van der Waals surface area contributed by atoms with Crippen molar-refractivity contribution in [2.24, 2.45) is 5.92 Å². The number of rotatable bonds is 3. The number of hydrogen-bond acceptors (Lipinski definition) is 4. The second-order valence-corrected chi connectivity index (χ2v) is 3.21. The quantitative estimate of drug-likeness (QED) is 0.523. The van der Waals surface area contributed by atoms with Crippen molar-refractivity contribution in [2.75, 3.05) is 13.4 Å². The fourth-order valence-corrected chi connectivity index (χ4v) is 1.56. The highest BCUT2D eigenvalue weighted by Crippen LogP contribution is 2.22. The summed E-state index contributed by atoms with van der Waals surface area (Å²) in [5, 5.41) is 8.42. The van der Waals surface area contributed by atoms with E-state index in [2.05, 4.69) is 4.74 Å². The van der Waals surface area contributed by atoms with Gasteiger partial charge in [-0.25, -0.2) is 0 Å². The van der Waals surface area contributed by atoms with Gasteiger partial charge in [-0.2, -0.15) is 0 Å². The minimum absolute atomic E-state index is 0.0918. The van der Waals surface area contributed by atoms with E-state index in [9.17, 15) is 4.79 Å². The van der Waals surface area contributed by atoms with E-state index in [1.807, 2.05) is 6.92 Å². The molecule has 1 heterocycles. The van der Waals surface area contributed by atoms with Crippen molar-refractivity contribution < 1.29 is 19.4 Å². The molecule has 4 nitrogen and oxygen atoms in total. The summed E-state index contributed by atoms with van der Waals surface area (Å²) < 4.78 is 9.95. The zero-order chi connectivity index (χ0) is 9.68. The average molecular weight is 188 g/mol. The molecule has 2 unspecified atom stereocenters. The summed E-state index contributed by atoms with van der Waals surface area (Å²) in [6, 6.07) is 0. The van der Waals surface area contributed by atoms with Crippen LogP contribution >= 0.6 is 0 Å². The van der Waals surface area contributed by atoms with Crippen molar-refractivity contribution in [3.63, 3.8) is 0 Å². The Morgan fingerprint density at radius 2 is 2.46 bits per heavy atom. The molecule has 1 aliphatic rings. The molecular weight excluding hydrogens is 172 g/mol. The fraction of sp³-hybridized carbons (Fsp3) is 0.889. The van der Waals surface area contributed by atoms with Gasteiger partial charge in [0.1, 0.15) is 0 Å². The number of hydrogen-bond donors (Lipinski definition) is 1. The van der Waals surface area contributed by atoms with E-state index in [4.69, 9.17) is 9.84 Å². The number of ether oxygens (including phenoxy) is 2. The van der Waals surface area contributed by atoms with Gasteiger partial charge in [0.05, 0.1) is 12.0 Å². The molecule has 13 heavy (non-hydrogen) atoms. The molecule has 0 amide bonds. The van der Waals surface area contributed by atoms with Crippen LogP contribution in [0.2, 0.25) is 0 Å². The lowest BCUT2D eigenvalue weighted by molar-refractivity contribution is -0.161. The van der Waals surface area contributed by atoms with Gasteiger partial charge in [0.2, 0.25) is 0 Å². The Morgan fingerprint density at radius 3 is 3.08 bits per heavy atom. The van der Waals surface area contributed by atoms with Crippen LogP contribution in [-0.2, 0) is 14.3 Å². The van der Waals surface area contributed by atoms with Crippen molar-refractivity contribution in [3.8, 4) is 0 Å². The monoisotopic (exact) mass is 188 g/mol. The highest BCUT2D eigenvalue weighted by Gasteiger charge is 2.27. The van der Waals surface area contributed by atoms with Crippen LogP contribution in [0.4, 0.5) is 0 Å². The third-order valence-electron chi connectivity index (χ3n) is 2.36. The molecule has 1 fully saturated rings. The van der Waals surface area contributed by atoms with E-state index in [1.165, 1.54) is 0 Å². The molecule has 1 saturated heterocycles. The zero-order valence-electron chi connectivity index (χ0n) is 7.86. The van der Waals surface area contributed by atoms with Gasteiger partial charge in [-0.05, 0) is 19.3 Å². The Morgan fingerprint density at radius 1 is 1.69 bits per heavy atom. The van der Waals surface area contributed by atoms with Crippen LogP contribution in [0.25, 0.3) is 0 Å². The molecular formula is C9H16O4. The first-order valence-electron chi connectivity index (χ1n) is 4.67. The maximum atomic E-state index is 11.2. The Kier molecular flexibility index (Phi) is 4.18. The highest BCUT2D eigenvalue weighted by atomic mass is 16.6. The van der Waals surface area contributed by atoms with E-state index in [0.29, 0.717) is 13.0 Å². The van der Waals surface area contributed by atoms with Crippen molar-refractivity contribution in [3.05, 3.63) is 0 Å². The number of aliphatic hydroxyl groups excluding tert-OH is 1. The second kappa shape index (κ2) is 5.19. The molecule has 0 radical (unpaired) electrons. The number of aliphatic hydroxyl groups is 1. The van der Waals surface area contributed by atoms with Crippen LogP contribution in [-0.4, -0.2) is 30.6 Å². The van der Waals surface area contributed by atoms with Crippen molar-refractivity contribution in [1.29, 1.82) is 0 Å². The standard InChI is InChI=1S/C9H16O4/c1-2-8-5-7(3-4-12-8)9(11)13-6-10/h7-8,10H,2-6H2,1H3. The van der Waals surface area contributed by atoms with Gasteiger partial charge in [-0.15, -0.1) is 0 Å². The van der Waals surface area contributed by atoms with Crippen LogP contribution < -0.4 is 0 Å². The van der Waals surface area contributed by atoms with Gasteiger partial charge in [-0.3, -0.25) is 4.79 Å². The summed E-state index contributed by atoms with van der Waals surface area (Å²) in [7, 11) is 0. The third-order valence-corrected chi connectivity index (χ3v) is 2.36. The molecule has 1 rings (SSSR count). The van der Waals surface area contributed by atoms with E-state index in [0.717, 1.165) is 12.8 Å².